The molecule has 25 heavy (non-hydrogen) atoms. The lowest BCUT2D eigenvalue weighted by atomic mass is 10.2. The van der Waals surface area contributed by atoms with Crippen molar-refractivity contribution in [2.75, 3.05) is 0 Å². The summed E-state index contributed by atoms with van der Waals surface area (Å²) in [7, 11) is -5.61. The predicted octanol–water partition coefficient (Wildman–Crippen LogP) is 3.43. The first-order valence-electron chi connectivity index (χ1n) is 6.09. The Balaban J connectivity index is 2.99. The molecule has 2 aromatic rings. The molecule has 0 aliphatic heterocycles. The maximum absolute atomic E-state index is 13.9. The summed E-state index contributed by atoms with van der Waals surface area (Å²) in [5.41, 5.74) is 3.80. The van der Waals surface area contributed by atoms with E-state index in [1.807, 2.05) is 0 Å². The first-order valence-corrected chi connectivity index (χ1v) is 7.86. The van der Waals surface area contributed by atoms with E-state index in [0.29, 0.717) is 6.92 Å². The Morgan fingerprint density at radius 1 is 0.560 bits per heavy atom. The fourth-order valence-electron chi connectivity index (χ4n) is 2.12. The van der Waals surface area contributed by atoms with Crippen LogP contribution in [0.2, 0.25) is 0 Å². The molecule has 0 aliphatic rings. The zero-order chi connectivity index (χ0) is 19.4. The number of hydrogen-bond acceptors (Lipinski definition) is 1. The molecule has 1 atom stereocenters. The zero-order valence-electron chi connectivity index (χ0n) is 11.8. The lowest BCUT2D eigenvalue weighted by Gasteiger charge is -2.19. The molecule has 2 nitrogen and oxygen atoms in total. The van der Waals surface area contributed by atoms with E-state index in [2.05, 4.69) is 0 Å². The van der Waals surface area contributed by atoms with Crippen LogP contribution in [0.4, 0.5) is 39.5 Å². The van der Waals surface area contributed by atoms with Crippen molar-refractivity contribution in [3.8, 4) is 0 Å². The van der Waals surface area contributed by atoms with Crippen molar-refractivity contribution in [1.82, 2.24) is 0 Å². The van der Waals surface area contributed by atoms with E-state index in [4.69, 9.17) is 5.50 Å². The zero-order valence-corrected chi connectivity index (χ0v) is 12.7. The summed E-state index contributed by atoms with van der Waals surface area (Å²) in [6, 6.07) is 0. The summed E-state index contributed by atoms with van der Waals surface area (Å²) >= 11 is 0. The molecule has 0 amide bonds. The Hall–Kier alpha value is -2.00. The fourth-order valence-corrected chi connectivity index (χ4v) is 4.11. The van der Waals surface area contributed by atoms with Crippen LogP contribution in [0.15, 0.2) is 0 Å². The average Bonchev–Trinajstić information content (AvgIpc) is 2.54. The third-order valence-electron chi connectivity index (χ3n) is 3.32. The van der Waals surface area contributed by atoms with Crippen molar-refractivity contribution in [3.05, 3.63) is 57.9 Å². The normalized spacial score (nSPS) is 13.9. The Bertz CT molecular complexity index is 828. The second kappa shape index (κ2) is 6.06. The molecule has 0 saturated heterocycles. The Morgan fingerprint density at radius 3 is 1.24 bits per heavy atom. The van der Waals surface area contributed by atoms with Gasteiger partial charge >= 0.3 is 0 Å². The molecule has 2 N–H and O–H groups in total. The van der Waals surface area contributed by atoms with Gasteiger partial charge in [-0.3, -0.25) is 10.1 Å². The first kappa shape index (κ1) is 19.3. The summed E-state index contributed by atoms with van der Waals surface area (Å²) in [4.78, 5) is 0. The molecule has 0 spiro atoms. The molecule has 12 heteroatoms. The van der Waals surface area contributed by atoms with Crippen LogP contribution in [0.1, 0.15) is 5.56 Å². The highest BCUT2D eigenvalue weighted by molar-refractivity contribution is 7.76. The second-order valence-corrected chi connectivity index (χ2v) is 7.02. The topological polar surface area (TPSA) is 43.1 Å². The van der Waals surface area contributed by atoms with Crippen molar-refractivity contribution in [2.45, 2.75) is 6.92 Å². The van der Waals surface area contributed by atoms with Crippen molar-refractivity contribution in [3.63, 3.8) is 0 Å². The van der Waals surface area contributed by atoms with Gasteiger partial charge in [0.2, 0.25) is 13.1 Å². The molecule has 0 fully saturated rings. The molecule has 136 valence electrons. The molecule has 0 bridgehead atoms. The number of hydrogen-bond donors (Lipinski definition) is 1. The molecule has 0 radical (unpaired) electrons. The maximum atomic E-state index is 13.9. The molecular formula is C13H5F9NOP. The fraction of sp³-hybridized carbons (Fsp3) is 0.0769. The lowest BCUT2D eigenvalue weighted by Crippen LogP contribution is -2.34. The smallest absolute Gasteiger partial charge is 0.211 e. The molecule has 0 aliphatic carbocycles. The third kappa shape index (κ3) is 2.62. The summed E-state index contributed by atoms with van der Waals surface area (Å²) in [5, 5.41) is -3.91. The largest absolute Gasteiger partial charge is 0.296 e. The SMILES string of the molecule is Cc1c(F)c(F)c(F)c(F)c1P(N)(=O)c1c(F)c(F)c(F)c(F)c1F. The van der Waals surface area contributed by atoms with Crippen LogP contribution in [-0.2, 0) is 4.57 Å². The van der Waals surface area contributed by atoms with Gasteiger partial charge in [0.05, 0.1) is 5.30 Å². The summed E-state index contributed by atoms with van der Waals surface area (Å²) in [6.45, 7) is 0.530. The van der Waals surface area contributed by atoms with E-state index < -0.39 is 75.8 Å². The van der Waals surface area contributed by atoms with Crippen LogP contribution in [-0.4, -0.2) is 0 Å². The van der Waals surface area contributed by atoms with Gasteiger partial charge in [-0.05, 0) is 6.92 Å². The predicted molar refractivity (Wildman–Crippen MR) is 68.3 cm³/mol. The quantitative estimate of drug-likeness (QED) is 0.368. The minimum absolute atomic E-state index is 0.530. The van der Waals surface area contributed by atoms with Gasteiger partial charge in [0.25, 0.3) is 0 Å². The van der Waals surface area contributed by atoms with Crippen LogP contribution >= 0.6 is 7.29 Å². The van der Waals surface area contributed by atoms with Gasteiger partial charge in [-0.1, -0.05) is 0 Å². The second-order valence-electron chi connectivity index (χ2n) is 4.81. The molecule has 0 saturated carbocycles. The van der Waals surface area contributed by atoms with E-state index in [9.17, 15) is 44.1 Å². The Morgan fingerprint density at radius 2 is 0.840 bits per heavy atom. The molecular weight excluding hydrogens is 388 g/mol. The van der Waals surface area contributed by atoms with Crippen molar-refractivity contribution in [2.24, 2.45) is 5.50 Å². The van der Waals surface area contributed by atoms with E-state index in [0.717, 1.165) is 0 Å². The highest BCUT2D eigenvalue weighted by Crippen LogP contribution is 2.41. The number of halogens is 9. The van der Waals surface area contributed by atoms with Gasteiger partial charge in [0.1, 0.15) is 5.30 Å². The molecule has 2 rings (SSSR count). The molecule has 1 unspecified atom stereocenters. The first-order chi connectivity index (χ1) is 11.4. The summed E-state index contributed by atoms with van der Waals surface area (Å²) in [6.07, 6.45) is 0. The van der Waals surface area contributed by atoms with Crippen LogP contribution in [0, 0.1) is 59.3 Å². The molecule has 2 aromatic carbocycles. The minimum atomic E-state index is -5.61. The third-order valence-corrected chi connectivity index (χ3v) is 5.57. The van der Waals surface area contributed by atoms with Crippen LogP contribution in [0.5, 0.6) is 0 Å². The number of rotatable bonds is 2. The Kier molecular flexibility index (Phi) is 4.69. The van der Waals surface area contributed by atoms with Crippen molar-refractivity contribution in [1.29, 1.82) is 0 Å². The van der Waals surface area contributed by atoms with Gasteiger partial charge in [-0.15, -0.1) is 0 Å². The number of nitrogens with two attached hydrogens (primary N) is 1. The van der Waals surface area contributed by atoms with E-state index in [1.54, 1.807) is 0 Å². The minimum Gasteiger partial charge on any atom is -0.296 e. The van der Waals surface area contributed by atoms with Crippen molar-refractivity contribution >= 4 is 17.9 Å². The standard InChI is InChI=1S/C13H5F9NOP/c1-2-3(14)4(15)6(17)9(20)12(2)25(23,24)13-10(21)7(18)5(16)8(19)11(13)22/h1H3,(H2,23,24). The van der Waals surface area contributed by atoms with Crippen LogP contribution < -0.4 is 16.1 Å². The van der Waals surface area contributed by atoms with E-state index >= 15 is 0 Å². The van der Waals surface area contributed by atoms with Gasteiger partial charge in [0, 0.05) is 5.56 Å². The molecule has 0 aromatic heterocycles. The summed E-state index contributed by atoms with van der Waals surface area (Å²) < 4.78 is 133. The maximum Gasteiger partial charge on any atom is 0.211 e. The van der Waals surface area contributed by atoms with Gasteiger partial charge in [-0.25, -0.2) is 39.5 Å². The lowest BCUT2D eigenvalue weighted by molar-refractivity contribution is 0.383. The Labute approximate surface area is 133 Å². The monoisotopic (exact) mass is 393 g/mol. The number of benzene rings is 2. The van der Waals surface area contributed by atoms with Gasteiger partial charge < -0.3 is 0 Å². The van der Waals surface area contributed by atoms with Gasteiger partial charge in [-0.2, -0.15) is 0 Å². The van der Waals surface area contributed by atoms with Gasteiger partial charge in [0.15, 0.2) is 46.5 Å². The highest BCUT2D eigenvalue weighted by Gasteiger charge is 2.41. The molecule has 0 heterocycles. The van der Waals surface area contributed by atoms with E-state index in [1.165, 1.54) is 0 Å². The van der Waals surface area contributed by atoms with Crippen LogP contribution in [0.3, 0.4) is 0 Å². The van der Waals surface area contributed by atoms with Crippen LogP contribution in [0.25, 0.3) is 0 Å². The van der Waals surface area contributed by atoms with E-state index in [-0.39, 0.29) is 0 Å². The van der Waals surface area contributed by atoms with Crippen molar-refractivity contribution < 1.29 is 44.1 Å². The summed E-state index contributed by atoms with van der Waals surface area (Å²) in [5.74, 6) is -22.4. The average molecular weight is 393 g/mol. The highest BCUT2D eigenvalue weighted by atomic mass is 31.2.